The molecule has 0 bridgehead atoms. The number of nitrogens with zero attached hydrogens (tertiary/aromatic N) is 1. The van der Waals surface area contributed by atoms with Gasteiger partial charge in [0.2, 0.25) is 0 Å². The summed E-state index contributed by atoms with van der Waals surface area (Å²) in [6.07, 6.45) is 0. The van der Waals surface area contributed by atoms with Crippen LogP contribution in [0.4, 0.5) is 5.69 Å². The Hall–Kier alpha value is -2.44. The number of carbonyl (C=O) groups is 2. The van der Waals surface area contributed by atoms with Crippen molar-refractivity contribution in [2.45, 2.75) is 39.2 Å². The van der Waals surface area contributed by atoms with Gasteiger partial charge in [-0.15, -0.1) is 0 Å². The van der Waals surface area contributed by atoms with Crippen molar-refractivity contribution in [3.8, 4) is 0 Å². The number of carboxylic acids is 1. The van der Waals surface area contributed by atoms with E-state index < -0.39 is 22.3 Å². The van der Waals surface area contributed by atoms with Gasteiger partial charge in [-0.3, -0.25) is 14.9 Å². The van der Waals surface area contributed by atoms with E-state index in [1.165, 1.54) is 32.0 Å². The fraction of sp³-hybridized carbons (Fsp3) is 0.429. The number of benzene rings is 1. The molecule has 2 N–H and O–H groups in total. The maximum Gasteiger partial charge on any atom is 0.328 e. The van der Waals surface area contributed by atoms with Crippen LogP contribution in [0.15, 0.2) is 18.2 Å². The summed E-state index contributed by atoms with van der Waals surface area (Å²) in [5.41, 5.74) is -1.02. The van der Waals surface area contributed by atoms with E-state index >= 15 is 0 Å². The number of nitro groups is 1. The minimum absolute atomic E-state index is 0.0559. The highest BCUT2D eigenvalue weighted by molar-refractivity contribution is 5.98. The molecule has 0 unspecified atom stereocenters. The lowest BCUT2D eigenvalue weighted by Gasteiger charge is -2.21. The third-order valence-corrected chi connectivity index (χ3v) is 3.07. The number of hydrogen-bond acceptors (Lipinski definition) is 4. The molecule has 0 radical (unpaired) electrons. The van der Waals surface area contributed by atoms with Gasteiger partial charge < -0.3 is 10.4 Å². The van der Waals surface area contributed by atoms with Crippen LogP contribution in [-0.4, -0.2) is 27.4 Å². The zero-order valence-corrected chi connectivity index (χ0v) is 12.3. The second-order valence-electron chi connectivity index (χ2n) is 5.57. The number of amides is 1. The third-order valence-electron chi connectivity index (χ3n) is 3.07. The quantitative estimate of drug-likeness (QED) is 0.639. The maximum absolute atomic E-state index is 12.0. The van der Waals surface area contributed by atoms with Gasteiger partial charge in [-0.05, 0) is 25.8 Å². The van der Waals surface area contributed by atoms with Crippen LogP contribution >= 0.6 is 0 Å². The molecule has 0 spiro atoms. The molecule has 0 saturated carbocycles. The molecule has 0 atom stereocenters. The number of carboxylic acid groups (broad SMARTS) is 1. The lowest BCUT2D eigenvalue weighted by molar-refractivity contribution is -0.385. The van der Waals surface area contributed by atoms with Gasteiger partial charge in [-0.1, -0.05) is 19.9 Å². The molecule has 1 aromatic carbocycles. The van der Waals surface area contributed by atoms with Crippen molar-refractivity contribution in [3.63, 3.8) is 0 Å². The smallest absolute Gasteiger partial charge is 0.328 e. The third kappa shape index (κ3) is 3.77. The normalized spacial score (nSPS) is 11.3. The van der Waals surface area contributed by atoms with Crippen LogP contribution in [-0.2, 0) is 4.79 Å². The zero-order valence-electron chi connectivity index (χ0n) is 12.3. The molecule has 1 aromatic rings. The van der Waals surface area contributed by atoms with Crippen LogP contribution in [0.1, 0.15) is 49.5 Å². The average Bonchev–Trinajstić information content (AvgIpc) is 2.36. The maximum atomic E-state index is 12.0. The van der Waals surface area contributed by atoms with E-state index in [4.69, 9.17) is 5.11 Å². The molecule has 114 valence electrons. The first-order valence-electron chi connectivity index (χ1n) is 6.40. The highest BCUT2D eigenvalue weighted by atomic mass is 16.6. The average molecular weight is 294 g/mol. The second-order valence-corrected chi connectivity index (χ2v) is 5.57. The number of hydrogen-bond donors (Lipinski definition) is 2. The van der Waals surface area contributed by atoms with Crippen LogP contribution in [0.5, 0.6) is 0 Å². The summed E-state index contributed by atoms with van der Waals surface area (Å²) in [6, 6.07) is 4.14. The molecule has 0 aliphatic carbocycles. The van der Waals surface area contributed by atoms with Crippen molar-refractivity contribution in [2.75, 3.05) is 0 Å². The highest BCUT2D eigenvalue weighted by Crippen LogP contribution is 2.27. The van der Waals surface area contributed by atoms with Crippen molar-refractivity contribution in [3.05, 3.63) is 39.4 Å². The van der Waals surface area contributed by atoms with Crippen LogP contribution in [0.2, 0.25) is 0 Å². The van der Waals surface area contributed by atoms with Gasteiger partial charge in [0.25, 0.3) is 11.6 Å². The monoisotopic (exact) mass is 294 g/mol. The fourth-order valence-electron chi connectivity index (χ4n) is 1.74. The van der Waals surface area contributed by atoms with Crippen molar-refractivity contribution >= 4 is 17.6 Å². The predicted molar refractivity (Wildman–Crippen MR) is 76.4 cm³/mol. The minimum Gasteiger partial charge on any atom is -0.480 e. The van der Waals surface area contributed by atoms with Gasteiger partial charge in [0, 0.05) is 17.2 Å². The Balaban J connectivity index is 3.15. The van der Waals surface area contributed by atoms with Crippen LogP contribution in [0, 0.1) is 10.1 Å². The number of nitro benzene ring substituents is 1. The Morgan fingerprint density at radius 3 is 2.33 bits per heavy atom. The molecular formula is C14H18N2O5. The van der Waals surface area contributed by atoms with E-state index in [1.54, 1.807) is 0 Å². The first kappa shape index (κ1) is 16.6. The van der Waals surface area contributed by atoms with Gasteiger partial charge in [0.1, 0.15) is 5.54 Å². The van der Waals surface area contributed by atoms with E-state index in [1.807, 2.05) is 13.8 Å². The number of rotatable bonds is 5. The summed E-state index contributed by atoms with van der Waals surface area (Å²) in [4.78, 5) is 33.5. The van der Waals surface area contributed by atoms with E-state index in [0.29, 0.717) is 5.56 Å². The first-order chi connectivity index (χ1) is 9.56. The Bertz CT molecular complexity index is 593. The standard InChI is InChI=1S/C14H18N2O5/c1-8(2)10-6-5-9(7-11(10)16(20)21)12(17)15-14(3,4)13(18)19/h5-8H,1-4H3,(H,15,17)(H,18,19). The molecule has 1 amide bonds. The van der Waals surface area contributed by atoms with Gasteiger partial charge in [0.05, 0.1) is 4.92 Å². The molecule has 0 heterocycles. The van der Waals surface area contributed by atoms with Crippen molar-refractivity contribution in [1.29, 1.82) is 0 Å². The molecule has 7 heteroatoms. The van der Waals surface area contributed by atoms with Crippen LogP contribution in [0.3, 0.4) is 0 Å². The SMILES string of the molecule is CC(C)c1ccc(C(=O)NC(C)(C)C(=O)O)cc1[N+](=O)[O-]. The first-order valence-corrected chi connectivity index (χ1v) is 6.40. The minimum atomic E-state index is -1.46. The van der Waals surface area contributed by atoms with Gasteiger partial charge in [0.15, 0.2) is 0 Å². The Labute approximate surface area is 122 Å². The van der Waals surface area contributed by atoms with Gasteiger partial charge in [-0.2, -0.15) is 0 Å². The molecule has 7 nitrogen and oxygen atoms in total. The van der Waals surface area contributed by atoms with Gasteiger partial charge in [-0.25, -0.2) is 4.79 Å². The second kappa shape index (κ2) is 5.90. The van der Waals surface area contributed by atoms with Crippen LogP contribution in [0.25, 0.3) is 0 Å². The van der Waals surface area contributed by atoms with Crippen molar-refractivity contribution in [2.24, 2.45) is 0 Å². The van der Waals surface area contributed by atoms with E-state index in [2.05, 4.69) is 5.32 Å². The summed E-state index contributed by atoms with van der Waals surface area (Å²) in [5, 5.41) is 22.4. The molecule has 0 fully saturated rings. The predicted octanol–water partition coefficient (Wildman–Crippen LogP) is 2.31. The summed E-state index contributed by atoms with van der Waals surface area (Å²) in [6.45, 7) is 6.31. The topological polar surface area (TPSA) is 110 Å². The number of carbonyl (C=O) groups excluding carboxylic acids is 1. The lowest BCUT2D eigenvalue weighted by Crippen LogP contribution is -2.49. The molecule has 0 aliphatic rings. The molecule has 0 aliphatic heterocycles. The van der Waals surface area contributed by atoms with E-state index in [9.17, 15) is 19.7 Å². The van der Waals surface area contributed by atoms with Crippen molar-refractivity contribution < 1.29 is 19.6 Å². The fourth-order valence-corrected chi connectivity index (χ4v) is 1.74. The largest absolute Gasteiger partial charge is 0.480 e. The Morgan fingerprint density at radius 1 is 1.33 bits per heavy atom. The van der Waals surface area contributed by atoms with Crippen molar-refractivity contribution in [1.82, 2.24) is 5.32 Å². The summed E-state index contributed by atoms with van der Waals surface area (Å²) < 4.78 is 0. The molecule has 0 aromatic heterocycles. The number of nitrogens with one attached hydrogen (secondary N) is 1. The molecule has 21 heavy (non-hydrogen) atoms. The molecular weight excluding hydrogens is 276 g/mol. The zero-order chi connectivity index (χ0) is 16.4. The summed E-state index contributed by atoms with van der Waals surface area (Å²) in [7, 11) is 0. The summed E-state index contributed by atoms with van der Waals surface area (Å²) >= 11 is 0. The van der Waals surface area contributed by atoms with Gasteiger partial charge >= 0.3 is 5.97 Å². The molecule has 0 saturated heterocycles. The Kier molecular flexibility index (Phi) is 4.67. The summed E-state index contributed by atoms with van der Waals surface area (Å²) in [5.74, 6) is -1.91. The van der Waals surface area contributed by atoms with Crippen LogP contribution < -0.4 is 5.32 Å². The van der Waals surface area contributed by atoms with E-state index in [-0.39, 0.29) is 17.2 Å². The van der Waals surface area contributed by atoms with E-state index in [0.717, 1.165) is 0 Å². The molecule has 1 rings (SSSR count). The lowest BCUT2D eigenvalue weighted by atomic mass is 9.98. The number of aliphatic carboxylic acids is 1. The highest BCUT2D eigenvalue weighted by Gasteiger charge is 2.30. The Morgan fingerprint density at radius 2 is 1.90 bits per heavy atom.